The van der Waals surface area contributed by atoms with Gasteiger partial charge in [0.2, 0.25) is 5.88 Å². The van der Waals surface area contributed by atoms with E-state index in [9.17, 15) is 8.42 Å². The minimum Gasteiger partial charge on any atom is -0.476 e. The molecular weight excluding hydrogens is 266 g/mol. The molecule has 0 spiro atoms. The van der Waals surface area contributed by atoms with Crippen LogP contribution in [0.25, 0.3) is 0 Å². The molecule has 0 amide bonds. The molecule has 19 heavy (non-hydrogen) atoms. The Labute approximate surface area is 113 Å². The Balaban J connectivity index is 2.05. The van der Waals surface area contributed by atoms with Crippen LogP contribution in [0.15, 0.2) is 12.1 Å². The number of rotatable bonds is 5. The lowest BCUT2D eigenvalue weighted by Crippen LogP contribution is -2.21. The Morgan fingerprint density at radius 1 is 1.53 bits per heavy atom. The summed E-state index contributed by atoms with van der Waals surface area (Å²) in [6.07, 6.45) is 1.49. The number of pyridine rings is 1. The smallest absolute Gasteiger partial charge is 0.239 e. The van der Waals surface area contributed by atoms with Crippen LogP contribution in [0.3, 0.4) is 0 Å². The van der Waals surface area contributed by atoms with Crippen molar-refractivity contribution in [2.24, 2.45) is 0 Å². The maximum Gasteiger partial charge on any atom is 0.239 e. The van der Waals surface area contributed by atoms with Crippen LogP contribution >= 0.6 is 0 Å². The third-order valence-corrected chi connectivity index (χ3v) is 4.69. The highest BCUT2D eigenvalue weighted by molar-refractivity contribution is 7.91. The molecule has 0 aliphatic carbocycles. The molecule has 1 saturated heterocycles. The highest BCUT2D eigenvalue weighted by Crippen LogP contribution is 2.23. The lowest BCUT2D eigenvalue weighted by molar-refractivity contribution is 0.307. The molecule has 2 rings (SSSR count). The van der Waals surface area contributed by atoms with Gasteiger partial charge < -0.3 is 15.8 Å². The molecule has 6 nitrogen and oxygen atoms in total. The molecule has 1 aromatic heterocycles. The molecular formula is C12H19N3O3S. The van der Waals surface area contributed by atoms with Gasteiger partial charge in [-0.05, 0) is 25.0 Å². The van der Waals surface area contributed by atoms with Crippen molar-refractivity contribution in [1.29, 1.82) is 0 Å². The number of anilines is 2. The van der Waals surface area contributed by atoms with Gasteiger partial charge in [0.1, 0.15) is 5.82 Å². The Bertz CT molecular complexity index is 545. The Hall–Kier alpha value is -1.50. The van der Waals surface area contributed by atoms with Crippen molar-refractivity contribution < 1.29 is 13.2 Å². The average Bonchev–Trinajstić information content (AvgIpc) is 2.69. The molecule has 0 bridgehead atoms. The van der Waals surface area contributed by atoms with Gasteiger partial charge in [0, 0.05) is 6.04 Å². The second-order valence-electron chi connectivity index (χ2n) is 4.68. The van der Waals surface area contributed by atoms with Crippen molar-refractivity contribution in [3.8, 4) is 5.88 Å². The summed E-state index contributed by atoms with van der Waals surface area (Å²) in [6, 6.07) is 3.36. The topological polar surface area (TPSA) is 94.3 Å². The Kier molecular flexibility index (Phi) is 4.14. The molecule has 1 aliphatic rings. The van der Waals surface area contributed by atoms with Gasteiger partial charge in [-0.2, -0.15) is 4.98 Å². The highest BCUT2D eigenvalue weighted by Gasteiger charge is 2.28. The number of hydrogen-bond acceptors (Lipinski definition) is 6. The van der Waals surface area contributed by atoms with Crippen LogP contribution in [0.5, 0.6) is 5.88 Å². The summed E-state index contributed by atoms with van der Waals surface area (Å²) < 4.78 is 28.2. The van der Waals surface area contributed by atoms with Crippen molar-refractivity contribution in [2.75, 3.05) is 29.2 Å². The van der Waals surface area contributed by atoms with E-state index >= 15 is 0 Å². The number of nitrogens with zero attached hydrogens (tertiary/aromatic N) is 1. The summed E-state index contributed by atoms with van der Waals surface area (Å²) in [7, 11) is -2.89. The first-order valence-electron chi connectivity index (χ1n) is 6.36. The fourth-order valence-corrected chi connectivity index (χ4v) is 3.64. The van der Waals surface area contributed by atoms with Gasteiger partial charge in [0.25, 0.3) is 0 Å². The van der Waals surface area contributed by atoms with E-state index in [2.05, 4.69) is 10.3 Å². The summed E-state index contributed by atoms with van der Waals surface area (Å²) in [6.45, 7) is 2.56. The van der Waals surface area contributed by atoms with Gasteiger partial charge in [0.05, 0.1) is 23.8 Å². The zero-order chi connectivity index (χ0) is 13.9. The van der Waals surface area contributed by atoms with E-state index in [1.807, 2.05) is 6.92 Å². The monoisotopic (exact) mass is 285 g/mol. The van der Waals surface area contributed by atoms with Crippen LogP contribution in [0.4, 0.5) is 11.5 Å². The number of ether oxygens (including phenoxy) is 1. The minimum atomic E-state index is -2.89. The summed E-state index contributed by atoms with van der Waals surface area (Å²) in [4.78, 5) is 4.27. The third-order valence-electron chi connectivity index (χ3n) is 2.92. The number of nitrogens with one attached hydrogen (secondary N) is 1. The van der Waals surface area contributed by atoms with Crippen molar-refractivity contribution in [1.82, 2.24) is 4.98 Å². The quantitative estimate of drug-likeness (QED) is 0.840. The second kappa shape index (κ2) is 5.64. The molecule has 1 unspecified atom stereocenters. The number of nitrogens with two attached hydrogens (primary N) is 1. The van der Waals surface area contributed by atoms with Crippen LogP contribution < -0.4 is 15.8 Å². The van der Waals surface area contributed by atoms with Gasteiger partial charge in [-0.15, -0.1) is 0 Å². The van der Waals surface area contributed by atoms with E-state index in [1.54, 1.807) is 12.1 Å². The van der Waals surface area contributed by atoms with Crippen molar-refractivity contribution in [2.45, 2.75) is 25.8 Å². The molecule has 1 atom stereocenters. The van der Waals surface area contributed by atoms with E-state index < -0.39 is 9.84 Å². The lowest BCUT2D eigenvalue weighted by atomic mass is 10.2. The maximum atomic E-state index is 11.4. The van der Waals surface area contributed by atoms with Crippen molar-refractivity contribution >= 4 is 21.3 Å². The number of nitrogen functional groups attached to an aromatic ring is 1. The predicted octanol–water partition coefficient (Wildman–Crippen LogP) is 1.05. The molecule has 0 saturated carbocycles. The van der Waals surface area contributed by atoms with E-state index in [1.165, 1.54) is 0 Å². The standard InChI is InChI=1S/C12H19N3O3S/c1-2-6-18-12-10(13)3-4-11(15-12)14-9-5-7-19(16,17)8-9/h3-4,9H,2,5-8,13H2,1H3,(H,14,15). The molecule has 1 aromatic rings. The SMILES string of the molecule is CCCOc1nc(NC2CCS(=O)(=O)C2)ccc1N. The van der Waals surface area contributed by atoms with Crippen LogP contribution in [0, 0.1) is 0 Å². The van der Waals surface area contributed by atoms with Crippen LogP contribution in [-0.4, -0.2) is 37.6 Å². The minimum absolute atomic E-state index is 0.0832. The second-order valence-corrected chi connectivity index (χ2v) is 6.91. The summed E-state index contributed by atoms with van der Waals surface area (Å²) in [5.41, 5.74) is 6.25. The van der Waals surface area contributed by atoms with E-state index in [0.717, 1.165) is 6.42 Å². The summed E-state index contributed by atoms with van der Waals surface area (Å²) in [5, 5.41) is 3.11. The van der Waals surface area contributed by atoms with Crippen molar-refractivity contribution in [3.05, 3.63) is 12.1 Å². The largest absolute Gasteiger partial charge is 0.476 e. The number of hydrogen-bond donors (Lipinski definition) is 2. The van der Waals surface area contributed by atoms with Crippen LogP contribution in [0.1, 0.15) is 19.8 Å². The molecule has 0 radical (unpaired) electrons. The summed E-state index contributed by atoms with van der Waals surface area (Å²) in [5.74, 6) is 1.39. The Morgan fingerprint density at radius 2 is 2.32 bits per heavy atom. The van der Waals surface area contributed by atoms with Gasteiger partial charge in [-0.1, -0.05) is 6.92 Å². The first kappa shape index (κ1) is 13.9. The van der Waals surface area contributed by atoms with Gasteiger partial charge in [-0.25, -0.2) is 8.42 Å². The number of aromatic nitrogens is 1. The normalized spacial score (nSPS) is 21.2. The first-order chi connectivity index (χ1) is 9.00. The van der Waals surface area contributed by atoms with E-state index in [0.29, 0.717) is 30.4 Å². The fraction of sp³-hybridized carbons (Fsp3) is 0.583. The maximum absolute atomic E-state index is 11.4. The van der Waals surface area contributed by atoms with Crippen LogP contribution in [0.2, 0.25) is 0 Å². The number of sulfone groups is 1. The van der Waals surface area contributed by atoms with E-state index in [4.69, 9.17) is 10.5 Å². The molecule has 1 fully saturated rings. The fourth-order valence-electron chi connectivity index (χ4n) is 1.96. The van der Waals surface area contributed by atoms with Gasteiger partial charge in [0.15, 0.2) is 9.84 Å². The molecule has 1 aliphatic heterocycles. The Morgan fingerprint density at radius 3 is 2.95 bits per heavy atom. The van der Waals surface area contributed by atoms with Crippen LogP contribution in [-0.2, 0) is 9.84 Å². The van der Waals surface area contributed by atoms with Crippen molar-refractivity contribution in [3.63, 3.8) is 0 Å². The summed E-state index contributed by atoms with van der Waals surface area (Å²) >= 11 is 0. The average molecular weight is 285 g/mol. The molecule has 106 valence electrons. The molecule has 2 heterocycles. The van der Waals surface area contributed by atoms with Gasteiger partial charge in [-0.3, -0.25) is 0 Å². The third kappa shape index (κ3) is 3.73. The molecule has 3 N–H and O–H groups in total. The molecule has 0 aromatic carbocycles. The van der Waals surface area contributed by atoms with E-state index in [-0.39, 0.29) is 17.5 Å². The highest BCUT2D eigenvalue weighted by atomic mass is 32.2. The zero-order valence-electron chi connectivity index (χ0n) is 10.9. The zero-order valence-corrected chi connectivity index (χ0v) is 11.7. The predicted molar refractivity (Wildman–Crippen MR) is 75.1 cm³/mol. The molecule has 7 heteroatoms. The lowest BCUT2D eigenvalue weighted by Gasteiger charge is -2.13. The van der Waals surface area contributed by atoms with Gasteiger partial charge >= 0.3 is 0 Å². The first-order valence-corrected chi connectivity index (χ1v) is 8.18.